The lowest BCUT2D eigenvalue weighted by molar-refractivity contribution is -0.126. The van der Waals surface area contributed by atoms with Crippen LogP contribution in [0.25, 0.3) is 0 Å². The van der Waals surface area contributed by atoms with E-state index in [1.807, 2.05) is 0 Å². The average molecular weight is 476 g/mol. The molecular formula is C23H33N5O4S. The van der Waals surface area contributed by atoms with E-state index in [0.29, 0.717) is 29.0 Å². The molecule has 2 aromatic rings. The number of aromatic nitrogens is 2. The van der Waals surface area contributed by atoms with Gasteiger partial charge in [-0.25, -0.2) is 0 Å². The van der Waals surface area contributed by atoms with Crippen molar-refractivity contribution in [3.63, 3.8) is 0 Å². The van der Waals surface area contributed by atoms with E-state index in [4.69, 9.17) is 9.47 Å². The van der Waals surface area contributed by atoms with Gasteiger partial charge in [0.15, 0.2) is 0 Å². The number of methoxy groups -OCH3 is 1. The lowest BCUT2D eigenvalue weighted by Gasteiger charge is -2.27. The minimum atomic E-state index is -0.347. The van der Waals surface area contributed by atoms with Crippen molar-refractivity contribution in [2.45, 2.75) is 51.7 Å². The maximum atomic E-state index is 12.3. The van der Waals surface area contributed by atoms with E-state index in [-0.39, 0.29) is 30.0 Å². The van der Waals surface area contributed by atoms with Gasteiger partial charge in [-0.15, -0.1) is 10.2 Å². The third-order valence-corrected chi connectivity index (χ3v) is 6.51. The predicted octanol–water partition coefficient (Wildman–Crippen LogP) is 3.09. The van der Waals surface area contributed by atoms with Crippen LogP contribution in [0.3, 0.4) is 0 Å². The van der Waals surface area contributed by atoms with Gasteiger partial charge in [0.1, 0.15) is 24.0 Å². The van der Waals surface area contributed by atoms with E-state index in [0.717, 1.165) is 30.8 Å². The van der Waals surface area contributed by atoms with E-state index in [2.05, 4.69) is 32.7 Å². The Balaban J connectivity index is 1.32. The first-order valence-electron chi connectivity index (χ1n) is 11.4. The Morgan fingerprint density at radius 3 is 2.55 bits per heavy atom. The highest BCUT2D eigenvalue weighted by Gasteiger charge is 2.16. The smallest absolute Gasteiger partial charge is 0.286 e. The number of hydrogen-bond donors (Lipinski definition) is 2. The number of nitrogens with zero attached hydrogens (tertiary/aromatic N) is 3. The van der Waals surface area contributed by atoms with Crippen molar-refractivity contribution in [2.75, 3.05) is 38.7 Å². The van der Waals surface area contributed by atoms with E-state index < -0.39 is 0 Å². The third kappa shape index (κ3) is 8.38. The maximum absolute atomic E-state index is 12.3. The van der Waals surface area contributed by atoms with Crippen LogP contribution in [0.15, 0.2) is 24.3 Å². The van der Waals surface area contributed by atoms with Crippen molar-refractivity contribution in [2.24, 2.45) is 0 Å². The van der Waals surface area contributed by atoms with Crippen molar-refractivity contribution in [3.05, 3.63) is 34.3 Å². The molecule has 9 nitrogen and oxygen atoms in total. The van der Waals surface area contributed by atoms with Crippen LogP contribution in [0.5, 0.6) is 5.75 Å². The second-order valence-electron chi connectivity index (χ2n) is 8.11. The van der Waals surface area contributed by atoms with Gasteiger partial charge in [-0.2, -0.15) is 0 Å². The Bertz CT molecular complexity index is 881. The molecule has 1 aromatic carbocycles. The van der Waals surface area contributed by atoms with Gasteiger partial charge in [-0.1, -0.05) is 24.2 Å². The lowest BCUT2D eigenvalue weighted by Crippen LogP contribution is -2.37. The molecule has 0 bridgehead atoms. The van der Waals surface area contributed by atoms with Crippen molar-refractivity contribution in [1.82, 2.24) is 20.4 Å². The molecule has 0 unspecified atom stereocenters. The van der Waals surface area contributed by atoms with E-state index in [1.54, 1.807) is 31.4 Å². The molecule has 33 heavy (non-hydrogen) atoms. The fourth-order valence-corrected chi connectivity index (χ4v) is 4.36. The molecule has 2 heterocycles. The summed E-state index contributed by atoms with van der Waals surface area (Å²) in [7, 11) is 1.58. The fraction of sp³-hybridized carbons (Fsp3) is 0.565. The zero-order valence-electron chi connectivity index (χ0n) is 19.3. The average Bonchev–Trinajstić information content (AvgIpc) is 3.12. The number of carbonyl (C=O) groups excluding carboxylic acids is 2. The largest absolute Gasteiger partial charge is 0.497 e. The van der Waals surface area contributed by atoms with Crippen LogP contribution in [0, 0.1) is 0 Å². The summed E-state index contributed by atoms with van der Waals surface area (Å²) in [6, 6.07) is 7.48. The summed E-state index contributed by atoms with van der Waals surface area (Å²) in [4.78, 5) is 26.9. The number of likely N-dealkylation sites (tertiary alicyclic amines) is 1. The topological polar surface area (TPSA) is 106 Å². The summed E-state index contributed by atoms with van der Waals surface area (Å²) in [5.74, 6) is 0.208. The van der Waals surface area contributed by atoms with Crippen LogP contribution in [0.4, 0.5) is 5.69 Å². The zero-order chi connectivity index (χ0) is 23.5. The molecule has 2 N–H and O–H groups in total. The molecule has 0 radical (unpaired) electrons. The second-order valence-corrected chi connectivity index (χ2v) is 9.18. The molecule has 1 saturated heterocycles. The van der Waals surface area contributed by atoms with Gasteiger partial charge in [0, 0.05) is 18.3 Å². The molecule has 1 aliphatic heterocycles. The van der Waals surface area contributed by atoms with Gasteiger partial charge in [-0.05, 0) is 63.5 Å². The minimum Gasteiger partial charge on any atom is -0.497 e. The summed E-state index contributed by atoms with van der Waals surface area (Å²) >= 11 is 1.14. The first-order valence-corrected chi connectivity index (χ1v) is 12.2. The van der Waals surface area contributed by atoms with Crippen LogP contribution >= 0.6 is 11.3 Å². The molecule has 1 atom stereocenters. The molecule has 0 saturated carbocycles. The number of nitrogens with one attached hydrogen (secondary N) is 2. The van der Waals surface area contributed by atoms with Gasteiger partial charge in [-0.3, -0.25) is 9.59 Å². The molecule has 10 heteroatoms. The molecule has 3 rings (SSSR count). The lowest BCUT2D eigenvalue weighted by atomic mass is 10.2. The number of hydrogen-bond acceptors (Lipinski definition) is 8. The van der Waals surface area contributed by atoms with Gasteiger partial charge in [0.05, 0.1) is 7.11 Å². The SMILES string of the molecule is COc1ccc(NC(=O)c2nnc(COCC(=O)NCC[C@H](C)N3CCCCCC3)s2)cc1. The maximum Gasteiger partial charge on any atom is 0.286 e. The van der Waals surface area contributed by atoms with E-state index in [9.17, 15) is 9.59 Å². The molecule has 2 amide bonds. The summed E-state index contributed by atoms with van der Waals surface area (Å²) in [6.45, 7) is 5.25. The number of amides is 2. The van der Waals surface area contributed by atoms with Gasteiger partial charge in [0.2, 0.25) is 10.9 Å². The van der Waals surface area contributed by atoms with Crippen LogP contribution in [0.2, 0.25) is 0 Å². The van der Waals surface area contributed by atoms with Crippen molar-refractivity contribution in [1.29, 1.82) is 0 Å². The highest BCUT2D eigenvalue weighted by molar-refractivity contribution is 7.13. The van der Waals surface area contributed by atoms with E-state index in [1.165, 1.54) is 25.7 Å². The monoisotopic (exact) mass is 475 g/mol. The van der Waals surface area contributed by atoms with Gasteiger partial charge in [0.25, 0.3) is 5.91 Å². The highest BCUT2D eigenvalue weighted by atomic mass is 32.1. The summed E-state index contributed by atoms with van der Waals surface area (Å²) in [5, 5.41) is 14.3. The predicted molar refractivity (Wildman–Crippen MR) is 128 cm³/mol. The number of ether oxygens (including phenoxy) is 2. The standard InChI is InChI=1S/C23H33N5O4S/c1-17(28-13-5-3-4-6-14-28)11-12-24-20(29)15-32-16-21-26-27-23(33-21)22(30)25-18-7-9-19(31-2)10-8-18/h7-10,17H,3-6,11-16H2,1-2H3,(H,24,29)(H,25,30)/t17-/m0/s1. The first-order chi connectivity index (χ1) is 16.0. The molecule has 1 aromatic heterocycles. The zero-order valence-corrected chi connectivity index (χ0v) is 20.2. The number of rotatable bonds is 11. The Hall–Kier alpha value is -2.56. The Morgan fingerprint density at radius 2 is 1.85 bits per heavy atom. The van der Waals surface area contributed by atoms with Crippen LogP contribution < -0.4 is 15.4 Å². The molecule has 0 aliphatic carbocycles. The number of anilines is 1. The molecule has 1 aliphatic rings. The van der Waals surface area contributed by atoms with Crippen molar-refractivity contribution in [3.8, 4) is 5.75 Å². The highest BCUT2D eigenvalue weighted by Crippen LogP contribution is 2.17. The number of carbonyl (C=O) groups is 2. The first kappa shape index (κ1) is 25.1. The third-order valence-electron chi connectivity index (χ3n) is 5.62. The second kappa shape index (κ2) is 13.2. The summed E-state index contributed by atoms with van der Waals surface area (Å²) in [6.07, 6.45) is 6.10. The van der Waals surface area contributed by atoms with E-state index >= 15 is 0 Å². The molecule has 1 fully saturated rings. The van der Waals surface area contributed by atoms with Gasteiger partial charge < -0.3 is 25.0 Å². The molecule has 0 spiro atoms. The quantitative estimate of drug-likeness (QED) is 0.514. The van der Waals surface area contributed by atoms with Crippen LogP contribution in [-0.2, 0) is 16.1 Å². The summed E-state index contributed by atoms with van der Waals surface area (Å²) < 4.78 is 10.5. The van der Waals surface area contributed by atoms with Gasteiger partial charge >= 0.3 is 0 Å². The number of benzene rings is 1. The Kier molecular flexibility index (Phi) is 10.0. The van der Waals surface area contributed by atoms with Crippen LogP contribution in [0.1, 0.15) is 53.8 Å². The molecular weight excluding hydrogens is 442 g/mol. The summed E-state index contributed by atoms with van der Waals surface area (Å²) in [5.41, 5.74) is 0.635. The van der Waals surface area contributed by atoms with Crippen molar-refractivity contribution >= 4 is 28.8 Å². The van der Waals surface area contributed by atoms with Crippen molar-refractivity contribution < 1.29 is 19.1 Å². The minimum absolute atomic E-state index is 0.0505. The Morgan fingerprint density at radius 1 is 1.12 bits per heavy atom. The Labute approximate surface area is 198 Å². The molecule has 180 valence electrons. The fourth-order valence-electron chi connectivity index (χ4n) is 3.68. The van der Waals surface area contributed by atoms with Crippen LogP contribution in [-0.4, -0.2) is 66.3 Å². The normalized spacial score (nSPS) is 15.5.